The number of benzene rings is 1. The van der Waals surface area contributed by atoms with Crippen LogP contribution < -0.4 is 11.1 Å². The summed E-state index contributed by atoms with van der Waals surface area (Å²) < 4.78 is 5.21. The molecule has 0 aliphatic heterocycles. The number of carbonyl (C=O) groups is 1. The van der Waals surface area contributed by atoms with Gasteiger partial charge in [-0.05, 0) is 32.0 Å². The molecule has 0 saturated heterocycles. The predicted octanol–water partition coefficient (Wildman–Crippen LogP) is 2.27. The van der Waals surface area contributed by atoms with Crippen LogP contribution in [0.25, 0.3) is 0 Å². The van der Waals surface area contributed by atoms with E-state index in [2.05, 4.69) is 5.32 Å². The van der Waals surface area contributed by atoms with Gasteiger partial charge in [0.2, 0.25) is 5.91 Å². The zero-order chi connectivity index (χ0) is 13.0. The first-order valence-electron chi connectivity index (χ1n) is 5.34. The van der Waals surface area contributed by atoms with E-state index in [0.717, 1.165) is 5.69 Å². The van der Waals surface area contributed by atoms with Crippen LogP contribution in [0.4, 0.5) is 5.69 Å². The Balaban J connectivity index is 2.81. The van der Waals surface area contributed by atoms with Crippen LogP contribution in [0, 0.1) is 0 Å². The molecule has 1 aromatic carbocycles. The summed E-state index contributed by atoms with van der Waals surface area (Å²) in [6.45, 7) is 3.97. The van der Waals surface area contributed by atoms with Gasteiger partial charge in [0.25, 0.3) is 0 Å². The average Bonchev–Trinajstić information content (AvgIpc) is 2.27. The second kappa shape index (κ2) is 5.89. The van der Waals surface area contributed by atoms with Gasteiger partial charge in [-0.1, -0.05) is 11.6 Å². The van der Waals surface area contributed by atoms with Crippen LogP contribution in [0.1, 0.15) is 24.2 Å². The maximum atomic E-state index is 11.0. The SMILES string of the molecule is COC(C)C(C)Nc1ccc(C(N)=O)c(Cl)c1. The summed E-state index contributed by atoms with van der Waals surface area (Å²) in [5, 5.41) is 3.58. The van der Waals surface area contributed by atoms with Crippen molar-refractivity contribution in [1.29, 1.82) is 0 Å². The Labute approximate surface area is 106 Å². The summed E-state index contributed by atoms with van der Waals surface area (Å²) in [7, 11) is 1.66. The van der Waals surface area contributed by atoms with Gasteiger partial charge in [0.1, 0.15) is 0 Å². The normalized spacial score (nSPS) is 14.1. The molecule has 2 unspecified atom stereocenters. The molecule has 1 amide bonds. The summed E-state index contributed by atoms with van der Waals surface area (Å²) in [6.07, 6.45) is 0.0737. The number of rotatable bonds is 5. The first-order chi connectivity index (χ1) is 7.95. The molecule has 0 radical (unpaired) electrons. The summed E-state index contributed by atoms with van der Waals surface area (Å²) in [5.74, 6) is -0.528. The number of nitrogens with one attached hydrogen (secondary N) is 1. The molecule has 4 nitrogen and oxygen atoms in total. The van der Waals surface area contributed by atoms with E-state index in [9.17, 15) is 4.79 Å². The van der Waals surface area contributed by atoms with Crippen molar-refractivity contribution in [3.63, 3.8) is 0 Å². The second-order valence-corrected chi connectivity index (χ2v) is 4.34. The third-order valence-electron chi connectivity index (χ3n) is 2.70. The maximum absolute atomic E-state index is 11.0. The Morgan fingerprint density at radius 2 is 2.12 bits per heavy atom. The lowest BCUT2D eigenvalue weighted by atomic mass is 10.1. The van der Waals surface area contributed by atoms with Crippen molar-refractivity contribution in [3.8, 4) is 0 Å². The monoisotopic (exact) mass is 256 g/mol. The van der Waals surface area contributed by atoms with Gasteiger partial charge < -0.3 is 15.8 Å². The molecule has 94 valence electrons. The number of hydrogen-bond donors (Lipinski definition) is 2. The van der Waals surface area contributed by atoms with E-state index in [1.54, 1.807) is 25.3 Å². The van der Waals surface area contributed by atoms with Crippen LogP contribution in [0.2, 0.25) is 5.02 Å². The predicted molar refractivity (Wildman–Crippen MR) is 69.5 cm³/mol. The highest BCUT2D eigenvalue weighted by atomic mass is 35.5. The van der Waals surface area contributed by atoms with Crippen molar-refractivity contribution in [2.75, 3.05) is 12.4 Å². The van der Waals surface area contributed by atoms with Gasteiger partial charge in [-0.3, -0.25) is 4.79 Å². The molecule has 17 heavy (non-hydrogen) atoms. The molecule has 0 aliphatic rings. The Hall–Kier alpha value is -1.26. The van der Waals surface area contributed by atoms with Gasteiger partial charge in [-0.25, -0.2) is 0 Å². The Morgan fingerprint density at radius 1 is 1.47 bits per heavy atom. The van der Waals surface area contributed by atoms with Gasteiger partial charge in [0.05, 0.1) is 16.7 Å². The van der Waals surface area contributed by atoms with Gasteiger partial charge in [0.15, 0.2) is 0 Å². The standard InChI is InChI=1S/C12H17ClN2O2/c1-7(8(2)17-3)15-9-4-5-10(12(14)16)11(13)6-9/h4-8,15H,1-3H3,(H2,14,16). The number of halogens is 1. The zero-order valence-corrected chi connectivity index (χ0v) is 10.9. The van der Waals surface area contributed by atoms with E-state index in [4.69, 9.17) is 22.1 Å². The van der Waals surface area contributed by atoms with E-state index in [0.29, 0.717) is 10.6 Å². The first kappa shape index (κ1) is 13.8. The third kappa shape index (κ3) is 3.61. The largest absolute Gasteiger partial charge is 0.380 e. The number of nitrogens with two attached hydrogens (primary N) is 1. The number of methoxy groups -OCH3 is 1. The van der Waals surface area contributed by atoms with Crippen LogP contribution in [0.3, 0.4) is 0 Å². The molecule has 0 fully saturated rings. The molecular formula is C12H17ClN2O2. The van der Waals surface area contributed by atoms with E-state index in [1.807, 2.05) is 13.8 Å². The molecule has 0 spiro atoms. The quantitative estimate of drug-likeness (QED) is 0.850. The van der Waals surface area contributed by atoms with E-state index >= 15 is 0 Å². The van der Waals surface area contributed by atoms with Crippen molar-refractivity contribution in [1.82, 2.24) is 0 Å². The lowest BCUT2D eigenvalue weighted by Crippen LogP contribution is -2.29. The molecule has 0 heterocycles. The molecule has 0 aliphatic carbocycles. The molecule has 0 aromatic heterocycles. The van der Waals surface area contributed by atoms with Crippen molar-refractivity contribution in [2.45, 2.75) is 26.0 Å². The maximum Gasteiger partial charge on any atom is 0.250 e. The first-order valence-corrected chi connectivity index (χ1v) is 5.72. The van der Waals surface area contributed by atoms with Crippen molar-refractivity contribution in [2.24, 2.45) is 5.73 Å². The van der Waals surface area contributed by atoms with Crippen LogP contribution in [-0.2, 0) is 4.74 Å². The number of hydrogen-bond acceptors (Lipinski definition) is 3. The Bertz CT molecular complexity index is 409. The highest BCUT2D eigenvalue weighted by Gasteiger charge is 2.12. The fraction of sp³-hybridized carbons (Fsp3) is 0.417. The van der Waals surface area contributed by atoms with Crippen molar-refractivity contribution < 1.29 is 9.53 Å². The summed E-state index contributed by atoms with van der Waals surface area (Å²) in [4.78, 5) is 11.0. The zero-order valence-electron chi connectivity index (χ0n) is 10.2. The van der Waals surface area contributed by atoms with Gasteiger partial charge >= 0.3 is 0 Å². The topological polar surface area (TPSA) is 64.3 Å². The number of anilines is 1. The van der Waals surface area contributed by atoms with Crippen LogP contribution >= 0.6 is 11.6 Å². The molecule has 1 rings (SSSR count). The molecule has 5 heteroatoms. The minimum atomic E-state index is -0.528. The van der Waals surface area contributed by atoms with Gasteiger partial charge in [-0.15, -0.1) is 0 Å². The van der Waals surface area contributed by atoms with Gasteiger partial charge in [0, 0.05) is 18.8 Å². The summed E-state index contributed by atoms with van der Waals surface area (Å²) in [6, 6.07) is 5.19. The summed E-state index contributed by atoms with van der Waals surface area (Å²) in [5.41, 5.74) is 6.33. The van der Waals surface area contributed by atoms with Crippen molar-refractivity contribution >= 4 is 23.2 Å². The van der Waals surface area contributed by atoms with Gasteiger partial charge in [-0.2, -0.15) is 0 Å². The highest BCUT2D eigenvalue weighted by molar-refractivity contribution is 6.34. The number of primary amides is 1. The van der Waals surface area contributed by atoms with Crippen molar-refractivity contribution in [3.05, 3.63) is 28.8 Å². The molecular weight excluding hydrogens is 240 g/mol. The third-order valence-corrected chi connectivity index (χ3v) is 3.02. The number of amides is 1. The number of carbonyl (C=O) groups excluding carboxylic acids is 1. The van der Waals surface area contributed by atoms with Crippen LogP contribution in [-0.4, -0.2) is 25.2 Å². The molecule has 0 saturated carbocycles. The highest BCUT2D eigenvalue weighted by Crippen LogP contribution is 2.21. The van der Waals surface area contributed by atoms with E-state index in [1.165, 1.54) is 0 Å². The number of ether oxygens (including phenoxy) is 1. The lowest BCUT2D eigenvalue weighted by Gasteiger charge is -2.21. The fourth-order valence-corrected chi connectivity index (χ4v) is 1.66. The van der Waals surface area contributed by atoms with Crippen LogP contribution in [0.15, 0.2) is 18.2 Å². The minimum absolute atomic E-state index is 0.0737. The summed E-state index contributed by atoms with van der Waals surface area (Å²) >= 11 is 5.95. The Morgan fingerprint density at radius 3 is 2.59 bits per heavy atom. The second-order valence-electron chi connectivity index (χ2n) is 3.93. The molecule has 3 N–H and O–H groups in total. The van der Waals surface area contributed by atoms with Crippen LogP contribution in [0.5, 0.6) is 0 Å². The van der Waals surface area contributed by atoms with E-state index in [-0.39, 0.29) is 12.1 Å². The van der Waals surface area contributed by atoms with E-state index < -0.39 is 5.91 Å². The smallest absolute Gasteiger partial charge is 0.250 e. The minimum Gasteiger partial charge on any atom is -0.380 e. The molecule has 2 atom stereocenters. The Kier molecular flexibility index (Phi) is 4.78. The molecule has 1 aromatic rings. The lowest BCUT2D eigenvalue weighted by molar-refractivity contribution is 0.1000. The fourth-order valence-electron chi connectivity index (χ4n) is 1.39. The average molecular weight is 257 g/mol. The molecule has 0 bridgehead atoms.